The van der Waals surface area contributed by atoms with Crippen LogP contribution in [0, 0.1) is 5.41 Å². The fourth-order valence-electron chi connectivity index (χ4n) is 3.66. The molecule has 1 aromatic heterocycles. The third-order valence-electron chi connectivity index (χ3n) is 5.26. The molecule has 2 aromatic rings. The zero-order valence-electron chi connectivity index (χ0n) is 19.1. The number of benzene rings is 1. The number of aromatic nitrogens is 1. The average molecular weight is 471 g/mol. The van der Waals surface area contributed by atoms with E-state index in [0.717, 1.165) is 24.5 Å². The van der Waals surface area contributed by atoms with Gasteiger partial charge in [0.2, 0.25) is 0 Å². The van der Waals surface area contributed by atoms with Crippen LogP contribution in [0.25, 0.3) is 0 Å². The molecule has 0 atom stereocenters. The molecule has 1 fully saturated rings. The second-order valence-electron chi connectivity index (χ2n) is 8.26. The predicted molar refractivity (Wildman–Crippen MR) is 132 cm³/mol. The van der Waals surface area contributed by atoms with E-state index in [9.17, 15) is 13.2 Å². The van der Waals surface area contributed by atoms with E-state index in [1.807, 2.05) is 13.0 Å². The molecule has 34 heavy (non-hydrogen) atoms. The first-order chi connectivity index (χ1) is 16.1. The van der Waals surface area contributed by atoms with Gasteiger partial charge >= 0.3 is 6.18 Å². The summed E-state index contributed by atoms with van der Waals surface area (Å²) in [5.41, 5.74) is 4.01. The van der Waals surface area contributed by atoms with Gasteiger partial charge in [-0.05, 0) is 36.8 Å². The van der Waals surface area contributed by atoms with Crippen LogP contribution in [0.4, 0.5) is 30.4 Å². The molecule has 1 saturated heterocycles. The number of pyridine rings is 1. The van der Waals surface area contributed by atoms with Crippen molar-refractivity contribution < 1.29 is 13.2 Å². The van der Waals surface area contributed by atoms with Crippen molar-refractivity contribution in [2.45, 2.75) is 25.6 Å². The predicted octanol–water partition coefficient (Wildman–Crippen LogP) is 4.90. The maximum absolute atomic E-state index is 12.7. The van der Waals surface area contributed by atoms with E-state index < -0.39 is 12.6 Å². The van der Waals surface area contributed by atoms with E-state index >= 15 is 0 Å². The molecule has 0 bridgehead atoms. The maximum atomic E-state index is 12.7. The molecule has 0 saturated carbocycles. The third kappa shape index (κ3) is 6.63. The summed E-state index contributed by atoms with van der Waals surface area (Å²) in [4.78, 5) is 6.58. The van der Waals surface area contributed by atoms with E-state index in [4.69, 9.17) is 5.41 Å². The lowest BCUT2D eigenvalue weighted by atomic mass is 10.0. The van der Waals surface area contributed by atoms with Gasteiger partial charge in [-0.1, -0.05) is 31.9 Å². The van der Waals surface area contributed by atoms with Gasteiger partial charge in [0.25, 0.3) is 0 Å². The highest BCUT2D eigenvalue weighted by Crippen LogP contribution is 2.32. The molecule has 0 radical (unpaired) electrons. The van der Waals surface area contributed by atoms with Crippen LogP contribution in [0.15, 0.2) is 73.7 Å². The van der Waals surface area contributed by atoms with Gasteiger partial charge in [0, 0.05) is 36.4 Å². The number of anilines is 3. The van der Waals surface area contributed by atoms with Crippen LogP contribution >= 0.6 is 0 Å². The van der Waals surface area contributed by atoms with E-state index in [0.29, 0.717) is 28.5 Å². The lowest BCUT2D eigenvalue weighted by Crippen LogP contribution is -2.58. The van der Waals surface area contributed by atoms with Crippen molar-refractivity contribution in [3.05, 3.63) is 84.9 Å². The highest BCUT2D eigenvalue weighted by Gasteiger charge is 2.30. The molecular formula is C25H29F3N6. The first-order valence-corrected chi connectivity index (χ1v) is 10.8. The fourth-order valence-corrected chi connectivity index (χ4v) is 3.66. The number of nitrogens with zero attached hydrogens (tertiary/aromatic N) is 2. The van der Waals surface area contributed by atoms with Crippen molar-refractivity contribution in [1.29, 1.82) is 5.41 Å². The van der Waals surface area contributed by atoms with E-state index in [-0.39, 0.29) is 18.2 Å². The van der Waals surface area contributed by atoms with Crippen LogP contribution in [0.1, 0.15) is 18.1 Å². The zero-order valence-corrected chi connectivity index (χ0v) is 19.1. The average Bonchev–Trinajstić information content (AvgIpc) is 2.74. The number of nitrogens with one attached hydrogen (secondary N) is 4. The number of alkyl halides is 3. The minimum Gasteiger partial charge on any atom is -0.383 e. The Hall–Kier alpha value is -3.75. The van der Waals surface area contributed by atoms with Crippen molar-refractivity contribution in [3.8, 4) is 0 Å². The van der Waals surface area contributed by atoms with Gasteiger partial charge < -0.3 is 26.3 Å². The number of allylic oxidation sites excluding steroid dienone is 2. The van der Waals surface area contributed by atoms with Gasteiger partial charge in [-0.2, -0.15) is 13.2 Å². The van der Waals surface area contributed by atoms with Crippen LogP contribution in [-0.4, -0.2) is 42.5 Å². The molecule has 1 aliphatic rings. The first-order valence-electron chi connectivity index (χ1n) is 10.8. The van der Waals surface area contributed by atoms with E-state index in [1.54, 1.807) is 24.4 Å². The van der Waals surface area contributed by atoms with Gasteiger partial charge in [0.1, 0.15) is 5.82 Å². The smallest absolute Gasteiger partial charge is 0.383 e. The third-order valence-corrected chi connectivity index (χ3v) is 5.26. The first kappa shape index (κ1) is 24.9. The Labute approximate surface area is 197 Å². The minimum atomic E-state index is -4.26. The van der Waals surface area contributed by atoms with Crippen LogP contribution in [0.5, 0.6) is 0 Å². The van der Waals surface area contributed by atoms with Crippen molar-refractivity contribution in [2.24, 2.45) is 0 Å². The van der Waals surface area contributed by atoms with Crippen molar-refractivity contribution in [3.63, 3.8) is 0 Å². The number of rotatable bonds is 11. The molecule has 0 unspecified atom stereocenters. The zero-order chi connectivity index (χ0) is 24.9. The molecule has 1 aliphatic heterocycles. The Kier molecular flexibility index (Phi) is 7.65. The molecular weight excluding hydrogens is 441 g/mol. The summed E-state index contributed by atoms with van der Waals surface area (Å²) in [5, 5.41) is 18.3. The summed E-state index contributed by atoms with van der Waals surface area (Å²) in [6, 6.07) is 8.16. The lowest BCUT2D eigenvalue weighted by molar-refractivity contribution is -0.127. The van der Waals surface area contributed by atoms with Gasteiger partial charge in [0.05, 0.1) is 36.0 Å². The number of halogens is 3. The second-order valence-corrected chi connectivity index (χ2v) is 8.26. The highest BCUT2D eigenvalue weighted by molar-refractivity contribution is 6.09. The van der Waals surface area contributed by atoms with Gasteiger partial charge in [-0.15, -0.1) is 0 Å². The molecule has 3 rings (SSSR count). The largest absolute Gasteiger partial charge is 0.393 e. The monoisotopic (exact) mass is 470 g/mol. The number of hydrogen-bond acceptors (Lipinski definition) is 6. The Morgan fingerprint density at radius 2 is 1.88 bits per heavy atom. The summed E-state index contributed by atoms with van der Waals surface area (Å²) < 4.78 is 38.0. The quantitative estimate of drug-likeness (QED) is 0.278. The summed E-state index contributed by atoms with van der Waals surface area (Å²) in [6.45, 7) is 15.0. The Bertz CT molecular complexity index is 1070. The van der Waals surface area contributed by atoms with Crippen molar-refractivity contribution in [2.75, 3.05) is 29.9 Å². The van der Waals surface area contributed by atoms with Crippen LogP contribution in [-0.2, 0) is 6.42 Å². The molecule has 4 N–H and O–H groups in total. The molecule has 0 spiro atoms. The van der Waals surface area contributed by atoms with Crippen LogP contribution in [0.3, 0.4) is 0 Å². The van der Waals surface area contributed by atoms with Crippen LogP contribution in [0.2, 0.25) is 0 Å². The molecule has 180 valence electrons. The second kappa shape index (κ2) is 10.5. The summed E-state index contributed by atoms with van der Waals surface area (Å²) in [6.07, 6.45) is -2.02. The fraction of sp³-hybridized carbons (Fsp3) is 0.280. The Morgan fingerprint density at radius 3 is 2.47 bits per heavy atom. The molecule has 6 nitrogen and oxygen atoms in total. The summed E-state index contributed by atoms with van der Waals surface area (Å²) >= 11 is 0. The molecule has 0 aliphatic carbocycles. The molecule has 0 amide bonds. The SMILES string of the molecule is C=CC(=C)NCC(=N)c1c(N2CC(NC(=C)C)C2)ccnc1Nc1ccc(CC(F)(F)F)cc1. The van der Waals surface area contributed by atoms with E-state index in [2.05, 4.69) is 45.6 Å². The van der Waals surface area contributed by atoms with Crippen molar-refractivity contribution >= 4 is 22.9 Å². The Morgan fingerprint density at radius 1 is 1.21 bits per heavy atom. The highest BCUT2D eigenvalue weighted by atomic mass is 19.4. The van der Waals surface area contributed by atoms with Crippen molar-refractivity contribution in [1.82, 2.24) is 15.6 Å². The van der Waals surface area contributed by atoms with Gasteiger partial charge in [-0.25, -0.2) is 4.98 Å². The molecule has 1 aromatic carbocycles. The number of hydrogen-bond donors (Lipinski definition) is 4. The maximum Gasteiger partial charge on any atom is 0.393 e. The van der Waals surface area contributed by atoms with Crippen LogP contribution < -0.4 is 20.9 Å². The van der Waals surface area contributed by atoms with E-state index in [1.165, 1.54) is 12.1 Å². The molecule has 9 heteroatoms. The Balaban J connectivity index is 1.85. The van der Waals surface area contributed by atoms with Gasteiger partial charge in [-0.3, -0.25) is 0 Å². The normalized spacial score (nSPS) is 13.6. The summed E-state index contributed by atoms with van der Waals surface area (Å²) in [5.74, 6) is 0.452. The van der Waals surface area contributed by atoms with Gasteiger partial charge in [0.15, 0.2) is 0 Å². The molecule has 2 heterocycles. The topological polar surface area (TPSA) is 76.1 Å². The minimum absolute atomic E-state index is 0.177. The standard InChI is InChI=1S/C25H29F3N6/c1-5-17(4)31-13-21(29)23-22(34-14-20(15-34)32-16(2)3)10-11-30-24(23)33-19-8-6-18(7-9-19)12-25(26,27)28/h5-11,20,29,31-32H,1-2,4,12-15H2,3H3,(H,30,33). The lowest BCUT2D eigenvalue weighted by Gasteiger charge is -2.43. The summed E-state index contributed by atoms with van der Waals surface area (Å²) in [7, 11) is 0.